The van der Waals surface area contributed by atoms with Crippen LogP contribution in [0.4, 0.5) is 0 Å². The smallest absolute Gasteiger partial charge is 0.191 e. The molecule has 2 N–H and O–H groups in total. The van der Waals surface area contributed by atoms with Crippen molar-refractivity contribution in [2.24, 2.45) is 10.9 Å². The van der Waals surface area contributed by atoms with Crippen LogP contribution in [0.1, 0.15) is 26.7 Å². The molecule has 0 atom stereocenters. The summed E-state index contributed by atoms with van der Waals surface area (Å²) >= 11 is 0. The van der Waals surface area contributed by atoms with Gasteiger partial charge in [-0.1, -0.05) is 13.8 Å². The fourth-order valence-corrected chi connectivity index (χ4v) is 2.54. The minimum atomic E-state index is 0.705. The van der Waals surface area contributed by atoms with Gasteiger partial charge in [0.05, 0.1) is 6.61 Å². The van der Waals surface area contributed by atoms with Gasteiger partial charge in [-0.3, -0.25) is 4.99 Å². The van der Waals surface area contributed by atoms with E-state index in [2.05, 4.69) is 46.3 Å². The SMILES string of the molecule is CN=C(NCCOCCC(C)C)NCCN1CCCN(C)CC1. The molecule has 0 radical (unpaired) electrons. The van der Waals surface area contributed by atoms with Crippen LogP contribution >= 0.6 is 0 Å². The lowest BCUT2D eigenvalue weighted by atomic mass is 10.1. The number of likely N-dealkylation sites (N-methyl/N-ethyl adjacent to an activating group) is 1. The molecule has 0 aliphatic carbocycles. The molecule has 0 aromatic carbocycles. The van der Waals surface area contributed by atoms with Crippen molar-refractivity contribution in [3.8, 4) is 0 Å². The summed E-state index contributed by atoms with van der Waals surface area (Å²) in [4.78, 5) is 9.20. The average molecular weight is 328 g/mol. The molecular weight excluding hydrogens is 290 g/mol. The summed E-state index contributed by atoms with van der Waals surface area (Å²) in [5, 5.41) is 6.69. The van der Waals surface area contributed by atoms with Gasteiger partial charge in [-0.25, -0.2) is 0 Å². The first-order chi connectivity index (χ1) is 11.1. The number of hydrogen-bond donors (Lipinski definition) is 2. The van der Waals surface area contributed by atoms with Gasteiger partial charge >= 0.3 is 0 Å². The maximum atomic E-state index is 5.60. The number of ether oxygens (including phenoxy) is 1. The first-order valence-corrected chi connectivity index (χ1v) is 9.05. The van der Waals surface area contributed by atoms with E-state index in [9.17, 15) is 0 Å². The molecule has 0 amide bonds. The minimum Gasteiger partial charge on any atom is -0.380 e. The lowest BCUT2D eigenvalue weighted by Gasteiger charge is -2.21. The van der Waals surface area contributed by atoms with Crippen LogP contribution in [0.2, 0.25) is 0 Å². The third-order valence-corrected chi connectivity index (χ3v) is 4.13. The van der Waals surface area contributed by atoms with Gasteiger partial charge in [-0.15, -0.1) is 0 Å². The largest absolute Gasteiger partial charge is 0.380 e. The van der Waals surface area contributed by atoms with Crippen molar-refractivity contribution in [1.29, 1.82) is 0 Å². The van der Waals surface area contributed by atoms with Gasteiger partial charge in [0.15, 0.2) is 5.96 Å². The Morgan fingerprint density at radius 2 is 1.87 bits per heavy atom. The van der Waals surface area contributed by atoms with Gasteiger partial charge < -0.3 is 25.2 Å². The Balaban J connectivity index is 2.05. The Hall–Kier alpha value is -0.850. The zero-order valence-electron chi connectivity index (χ0n) is 15.6. The highest BCUT2D eigenvalue weighted by Gasteiger charge is 2.11. The molecule has 0 saturated carbocycles. The Morgan fingerprint density at radius 1 is 1.09 bits per heavy atom. The molecule has 0 unspecified atom stereocenters. The number of nitrogens with one attached hydrogen (secondary N) is 2. The number of rotatable bonds is 9. The highest BCUT2D eigenvalue weighted by atomic mass is 16.5. The number of guanidine groups is 1. The van der Waals surface area contributed by atoms with Crippen LogP contribution in [0.25, 0.3) is 0 Å². The predicted molar refractivity (Wildman–Crippen MR) is 98.2 cm³/mol. The van der Waals surface area contributed by atoms with E-state index >= 15 is 0 Å². The van der Waals surface area contributed by atoms with Crippen LogP contribution in [-0.2, 0) is 4.74 Å². The molecule has 0 bridgehead atoms. The molecule has 1 rings (SSSR count). The number of hydrogen-bond acceptors (Lipinski definition) is 4. The predicted octanol–water partition coefficient (Wildman–Crippen LogP) is 0.852. The van der Waals surface area contributed by atoms with E-state index in [4.69, 9.17) is 4.74 Å². The highest BCUT2D eigenvalue weighted by molar-refractivity contribution is 5.79. The van der Waals surface area contributed by atoms with Crippen molar-refractivity contribution in [3.05, 3.63) is 0 Å². The quantitative estimate of drug-likeness (QED) is 0.374. The minimum absolute atomic E-state index is 0.705. The van der Waals surface area contributed by atoms with E-state index in [0.29, 0.717) is 5.92 Å². The molecule has 1 aliphatic heterocycles. The van der Waals surface area contributed by atoms with Crippen LogP contribution in [-0.4, -0.2) is 88.9 Å². The first-order valence-electron chi connectivity index (χ1n) is 9.05. The third-order valence-electron chi connectivity index (χ3n) is 4.13. The monoisotopic (exact) mass is 327 g/mol. The van der Waals surface area contributed by atoms with E-state index in [1.54, 1.807) is 0 Å². The maximum Gasteiger partial charge on any atom is 0.191 e. The van der Waals surface area contributed by atoms with Gasteiger partial charge in [0.1, 0.15) is 0 Å². The molecule has 0 aromatic heterocycles. The van der Waals surface area contributed by atoms with E-state index in [1.165, 1.54) is 26.1 Å². The Bertz CT molecular complexity index is 322. The second kappa shape index (κ2) is 12.6. The van der Waals surface area contributed by atoms with E-state index in [1.807, 2.05) is 7.05 Å². The Kier molecular flexibility index (Phi) is 11.0. The van der Waals surface area contributed by atoms with Crippen LogP contribution in [0.5, 0.6) is 0 Å². The van der Waals surface area contributed by atoms with Gasteiger partial charge in [0.2, 0.25) is 0 Å². The molecule has 136 valence electrons. The molecule has 6 heteroatoms. The molecule has 1 saturated heterocycles. The maximum absolute atomic E-state index is 5.60. The highest BCUT2D eigenvalue weighted by Crippen LogP contribution is 2.00. The number of aliphatic imine (C=N–C) groups is 1. The van der Waals surface area contributed by atoms with Crippen LogP contribution in [0.15, 0.2) is 4.99 Å². The average Bonchev–Trinajstić information content (AvgIpc) is 2.73. The zero-order chi connectivity index (χ0) is 16.9. The zero-order valence-corrected chi connectivity index (χ0v) is 15.6. The fraction of sp³-hybridized carbons (Fsp3) is 0.941. The molecule has 23 heavy (non-hydrogen) atoms. The van der Waals surface area contributed by atoms with E-state index in [-0.39, 0.29) is 0 Å². The summed E-state index contributed by atoms with van der Waals surface area (Å²) in [6, 6.07) is 0. The second-order valence-electron chi connectivity index (χ2n) is 6.72. The van der Waals surface area contributed by atoms with Crippen LogP contribution < -0.4 is 10.6 Å². The van der Waals surface area contributed by atoms with Gasteiger partial charge in [-0.2, -0.15) is 0 Å². The molecular formula is C17H37N5O. The molecule has 1 fully saturated rings. The molecule has 6 nitrogen and oxygen atoms in total. The third kappa shape index (κ3) is 10.5. The molecule has 1 aliphatic rings. The lowest BCUT2D eigenvalue weighted by Crippen LogP contribution is -2.43. The van der Waals surface area contributed by atoms with Gasteiger partial charge in [0.25, 0.3) is 0 Å². The van der Waals surface area contributed by atoms with Crippen molar-refractivity contribution >= 4 is 5.96 Å². The Labute approximate surface area is 142 Å². The topological polar surface area (TPSA) is 52.1 Å². The number of nitrogens with zero attached hydrogens (tertiary/aromatic N) is 3. The summed E-state index contributed by atoms with van der Waals surface area (Å²) in [5.74, 6) is 1.57. The van der Waals surface area contributed by atoms with Gasteiger partial charge in [-0.05, 0) is 38.9 Å². The van der Waals surface area contributed by atoms with Crippen molar-refractivity contribution in [3.63, 3.8) is 0 Å². The first kappa shape index (κ1) is 20.2. The van der Waals surface area contributed by atoms with E-state index < -0.39 is 0 Å². The lowest BCUT2D eigenvalue weighted by molar-refractivity contribution is 0.128. The fourth-order valence-electron chi connectivity index (χ4n) is 2.54. The van der Waals surface area contributed by atoms with Crippen LogP contribution in [0, 0.1) is 5.92 Å². The normalized spacial score (nSPS) is 18.2. The van der Waals surface area contributed by atoms with Crippen molar-refractivity contribution in [2.75, 3.05) is 73.1 Å². The molecule has 0 aromatic rings. The summed E-state index contributed by atoms with van der Waals surface area (Å²) in [6.07, 6.45) is 2.38. The van der Waals surface area contributed by atoms with Crippen molar-refractivity contribution in [1.82, 2.24) is 20.4 Å². The second-order valence-corrected chi connectivity index (χ2v) is 6.72. The van der Waals surface area contributed by atoms with Crippen molar-refractivity contribution in [2.45, 2.75) is 26.7 Å². The summed E-state index contributed by atoms with van der Waals surface area (Å²) in [7, 11) is 4.02. The summed E-state index contributed by atoms with van der Waals surface area (Å²) < 4.78 is 5.60. The Morgan fingerprint density at radius 3 is 2.61 bits per heavy atom. The van der Waals surface area contributed by atoms with Crippen molar-refractivity contribution < 1.29 is 4.74 Å². The van der Waals surface area contributed by atoms with E-state index in [0.717, 1.165) is 51.8 Å². The molecule has 0 spiro atoms. The summed E-state index contributed by atoms with van der Waals surface area (Å²) in [6.45, 7) is 13.5. The molecule has 1 heterocycles. The standard InChI is InChI=1S/C17H37N5O/c1-16(2)6-14-23-15-8-20-17(18-3)19-7-11-22-10-5-9-21(4)12-13-22/h16H,5-15H2,1-4H3,(H2,18,19,20). The summed E-state index contributed by atoms with van der Waals surface area (Å²) in [5.41, 5.74) is 0. The van der Waals surface area contributed by atoms with Crippen LogP contribution in [0.3, 0.4) is 0 Å². The van der Waals surface area contributed by atoms with Gasteiger partial charge in [0, 0.05) is 46.4 Å².